The lowest BCUT2D eigenvalue weighted by molar-refractivity contribution is 1.28. The van der Waals surface area contributed by atoms with E-state index in [0.717, 1.165) is 17.5 Å². The molecule has 0 N–H and O–H groups in total. The molecule has 0 nitrogen and oxygen atoms in total. The monoisotopic (exact) mass is 212 g/mol. The number of benzene rings is 1. The third-order valence-electron chi connectivity index (χ3n) is 1.60. The zero-order valence-corrected chi connectivity index (χ0v) is 8.70. The van der Waals surface area contributed by atoms with E-state index in [1.807, 2.05) is 24.3 Å². The SMILES string of the molecule is ClCCC#Cc1ccccc1CCl. The Labute approximate surface area is 88.9 Å². The predicted octanol–water partition coefficient (Wildman–Crippen LogP) is 3.41. The van der Waals surface area contributed by atoms with Crippen LogP contribution in [0.5, 0.6) is 0 Å². The second-order valence-electron chi connectivity index (χ2n) is 2.53. The molecule has 0 atom stereocenters. The van der Waals surface area contributed by atoms with Crippen molar-refractivity contribution in [1.82, 2.24) is 0 Å². The molecule has 2 heteroatoms. The van der Waals surface area contributed by atoms with E-state index in [0.29, 0.717) is 11.8 Å². The summed E-state index contributed by atoms with van der Waals surface area (Å²) in [5.74, 6) is 7.12. The van der Waals surface area contributed by atoms with Gasteiger partial charge in [-0.05, 0) is 11.6 Å². The van der Waals surface area contributed by atoms with Crippen LogP contribution in [0.15, 0.2) is 24.3 Å². The highest BCUT2D eigenvalue weighted by Gasteiger charge is 1.94. The van der Waals surface area contributed by atoms with Crippen LogP contribution < -0.4 is 0 Å². The Morgan fingerprint density at radius 1 is 1.15 bits per heavy atom. The summed E-state index contributed by atoms with van der Waals surface area (Å²) >= 11 is 11.3. The van der Waals surface area contributed by atoms with Crippen molar-refractivity contribution in [3.8, 4) is 11.8 Å². The van der Waals surface area contributed by atoms with Gasteiger partial charge in [-0.2, -0.15) is 0 Å². The summed E-state index contributed by atoms with van der Waals surface area (Å²) < 4.78 is 0. The summed E-state index contributed by atoms with van der Waals surface area (Å²) in [6.07, 6.45) is 0.720. The molecule has 0 aliphatic rings. The highest BCUT2D eigenvalue weighted by molar-refractivity contribution is 6.18. The molecule has 13 heavy (non-hydrogen) atoms. The maximum absolute atomic E-state index is 5.75. The van der Waals surface area contributed by atoms with Crippen LogP contribution in [-0.2, 0) is 5.88 Å². The fourth-order valence-corrected chi connectivity index (χ4v) is 1.29. The second kappa shape index (κ2) is 5.91. The normalized spacial score (nSPS) is 9.08. The fraction of sp³-hybridized carbons (Fsp3) is 0.273. The predicted molar refractivity (Wildman–Crippen MR) is 58.2 cm³/mol. The van der Waals surface area contributed by atoms with E-state index in [1.54, 1.807) is 0 Å². The molecule has 0 aliphatic heterocycles. The summed E-state index contributed by atoms with van der Waals surface area (Å²) in [7, 11) is 0. The van der Waals surface area contributed by atoms with E-state index in [2.05, 4.69) is 11.8 Å². The number of hydrogen-bond acceptors (Lipinski definition) is 0. The summed E-state index contributed by atoms with van der Waals surface area (Å²) in [4.78, 5) is 0. The van der Waals surface area contributed by atoms with Crippen molar-refractivity contribution in [2.24, 2.45) is 0 Å². The first-order valence-corrected chi connectivity index (χ1v) is 5.14. The molecule has 1 aromatic rings. The number of rotatable bonds is 2. The first kappa shape index (κ1) is 10.4. The molecule has 0 spiro atoms. The number of halogens is 2. The zero-order chi connectivity index (χ0) is 9.52. The standard InChI is InChI=1S/C11H10Cl2/c12-8-4-3-6-10-5-1-2-7-11(10)9-13/h1-2,5,7H,4,8-9H2. The molecule has 0 heterocycles. The minimum atomic E-state index is 0.506. The lowest BCUT2D eigenvalue weighted by Crippen LogP contribution is -1.84. The molecule has 0 unspecified atom stereocenters. The Balaban J connectivity index is 2.82. The average Bonchev–Trinajstić information content (AvgIpc) is 2.19. The van der Waals surface area contributed by atoms with Gasteiger partial charge in [0, 0.05) is 23.7 Å². The van der Waals surface area contributed by atoms with E-state index >= 15 is 0 Å². The van der Waals surface area contributed by atoms with Gasteiger partial charge >= 0.3 is 0 Å². The Bertz CT molecular complexity index is 320. The van der Waals surface area contributed by atoms with Crippen molar-refractivity contribution >= 4 is 23.2 Å². The van der Waals surface area contributed by atoms with Gasteiger partial charge < -0.3 is 0 Å². The van der Waals surface area contributed by atoms with Crippen LogP contribution in [0, 0.1) is 11.8 Å². The Kier molecular flexibility index (Phi) is 4.75. The average molecular weight is 213 g/mol. The molecule has 0 amide bonds. The van der Waals surface area contributed by atoms with Crippen molar-refractivity contribution in [3.05, 3.63) is 35.4 Å². The molecule has 1 aromatic carbocycles. The third-order valence-corrected chi connectivity index (χ3v) is 2.08. The molecular weight excluding hydrogens is 203 g/mol. The van der Waals surface area contributed by atoms with Crippen LogP contribution in [0.1, 0.15) is 17.5 Å². The Morgan fingerprint density at radius 2 is 1.92 bits per heavy atom. The molecule has 0 radical (unpaired) electrons. The summed E-state index contributed by atoms with van der Waals surface area (Å²) in [6, 6.07) is 7.88. The maximum Gasteiger partial charge on any atom is 0.0486 e. The van der Waals surface area contributed by atoms with Crippen LogP contribution in [-0.4, -0.2) is 5.88 Å². The lowest BCUT2D eigenvalue weighted by atomic mass is 10.1. The summed E-state index contributed by atoms with van der Waals surface area (Å²) in [5.41, 5.74) is 2.08. The molecule has 0 aromatic heterocycles. The Hall–Kier alpha value is -0.640. The largest absolute Gasteiger partial charge is 0.126 e. The van der Waals surface area contributed by atoms with Gasteiger partial charge in [-0.3, -0.25) is 0 Å². The third kappa shape index (κ3) is 3.30. The van der Waals surface area contributed by atoms with Gasteiger partial charge in [-0.1, -0.05) is 30.0 Å². The molecule has 68 valence electrons. The van der Waals surface area contributed by atoms with Gasteiger partial charge in [-0.25, -0.2) is 0 Å². The molecular formula is C11H10Cl2. The molecule has 0 saturated carbocycles. The van der Waals surface area contributed by atoms with Gasteiger partial charge in [0.2, 0.25) is 0 Å². The van der Waals surface area contributed by atoms with E-state index in [4.69, 9.17) is 23.2 Å². The number of alkyl halides is 2. The van der Waals surface area contributed by atoms with Gasteiger partial charge in [0.1, 0.15) is 0 Å². The van der Waals surface area contributed by atoms with Crippen LogP contribution >= 0.6 is 23.2 Å². The van der Waals surface area contributed by atoms with Crippen molar-refractivity contribution in [1.29, 1.82) is 0 Å². The molecule has 0 saturated heterocycles. The molecule has 1 rings (SSSR count). The molecule has 0 bridgehead atoms. The zero-order valence-electron chi connectivity index (χ0n) is 7.19. The lowest BCUT2D eigenvalue weighted by Gasteiger charge is -1.97. The summed E-state index contributed by atoms with van der Waals surface area (Å²) in [6.45, 7) is 0. The maximum atomic E-state index is 5.75. The topological polar surface area (TPSA) is 0 Å². The highest BCUT2D eigenvalue weighted by atomic mass is 35.5. The highest BCUT2D eigenvalue weighted by Crippen LogP contribution is 2.09. The van der Waals surface area contributed by atoms with E-state index in [9.17, 15) is 0 Å². The van der Waals surface area contributed by atoms with Crippen molar-refractivity contribution < 1.29 is 0 Å². The van der Waals surface area contributed by atoms with E-state index in [1.165, 1.54) is 0 Å². The second-order valence-corrected chi connectivity index (χ2v) is 3.18. The van der Waals surface area contributed by atoms with Gasteiger partial charge in [-0.15, -0.1) is 23.2 Å². The first-order chi connectivity index (χ1) is 6.38. The van der Waals surface area contributed by atoms with Crippen LogP contribution in [0.25, 0.3) is 0 Å². The van der Waals surface area contributed by atoms with Crippen LogP contribution in [0.3, 0.4) is 0 Å². The Morgan fingerprint density at radius 3 is 2.62 bits per heavy atom. The van der Waals surface area contributed by atoms with E-state index < -0.39 is 0 Å². The van der Waals surface area contributed by atoms with Crippen molar-refractivity contribution in [2.45, 2.75) is 12.3 Å². The smallest absolute Gasteiger partial charge is 0.0486 e. The molecule has 0 fully saturated rings. The quantitative estimate of drug-likeness (QED) is 0.521. The van der Waals surface area contributed by atoms with Crippen molar-refractivity contribution in [3.63, 3.8) is 0 Å². The fourth-order valence-electron chi connectivity index (χ4n) is 0.964. The minimum Gasteiger partial charge on any atom is -0.126 e. The van der Waals surface area contributed by atoms with Crippen LogP contribution in [0.4, 0.5) is 0 Å². The molecule has 0 aliphatic carbocycles. The first-order valence-electron chi connectivity index (χ1n) is 4.07. The van der Waals surface area contributed by atoms with Crippen molar-refractivity contribution in [2.75, 3.05) is 5.88 Å². The minimum absolute atomic E-state index is 0.506. The summed E-state index contributed by atoms with van der Waals surface area (Å²) in [5, 5.41) is 0. The van der Waals surface area contributed by atoms with Gasteiger partial charge in [0.25, 0.3) is 0 Å². The van der Waals surface area contributed by atoms with Gasteiger partial charge in [0.15, 0.2) is 0 Å². The van der Waals surface area contributed by atoms with Gasteiger partial charge in [0.05, 0.1) is 0 Å². The van der Waals surface area contributed by atoms with E-state index in [-0.39, 0.29) is 0 Å². The van der Waals surface area contributed by atoms with Crippen LogP contribution in [0.2, 0.25) is 0 Å². The number of hydrogen-bond donors (Lipinski definition) is 0.